The molecule has 0 aliphatic carbocycles. The van der Waals surface area contributed by atoms with Gasteiger partial charge in [0.1, 0.15) is 5.75 Å². The predicted molar refractivity (Wildman–Crippen MR) is 114 cm³/mol. The van der Waals surface area contributed by atoms with Crippen LogP contribution in [0.1, 0.15) is 22.3 Å². The zero-order valence-electron chi connectivity index (χ0n) is 14.9. The van der Waals surface area contributed by atoms with Gasteiger partial charge in [-0.25, -0.2) is 0 Å². The lowest BCUT2D eigenvalue weighted by Crippen LogP contribution is -2.13. The van der Waals surface area contributed by atoms with E-state index >= 15 is 0 Å². The summed E-state index contributed by atoms with van der Waals surface area (Å²) in [4.78, 5) is 0. The van der Waals surface area contributed by atoms with Gasteiger partial charge in [0.2, 0.25) is 0 Å². The molecule has 0 heterocycles. The summed E-state index contributed by atoms with van der Waals surface area (Å²) < 4.78 is 0. The van der Waals surface area contributed by atoms with Crippen molar-refractivity contribution in [2.75, 3.05) is 0 Å². The van der Waals surface area contributed by atoms with Gasteiger partial charge in [-0.05, 0) is 65.9 Å². The molecule has 0 bridgehead atoms. The number of phenolic OH excluding ortho intramolecular Hbond substituents is 1. The summed E-state index contributed by atoms with van der Waals surface area (Å²) >= 11 is 0. The largest absolute Gasteiger partial charge is 0.507 e. The Morgan fingerprint density at radius 3 is 2.36 bits per heavy atom. The average molecular weight is 366 g/mol. The minimum atomic E-state index is 0.448. The lowest BCUT2D eigenvalue weighted by atomic mass is 10.1. The first-order chi connectivity index (χ1) is 12.0. The molecule has 1 nitrogen and oxygen atoms in total. The van der Waals surface area contributed by atoms with Crippen LogP contribution in [-0.2, 0) is 6.16 Å². The van der Waals surface area contributed by atoms with Gasteiger partial charge in [-0.15, -0.1) is 0 Å². The van der Waals surface area contributed by atoms with Gasteiger partial charge in [0.25, 0.3) is 0 Å². The third kappa shape index (κ3) is 4.49. The quantitative estimate of drug-likeness (QED) is 0.662. The molecule has 3 heteroatoms. The van der Waals surface area contributed by atoms with E-state index in [1.165, 1.54) is 27.3 Å². The highest BCUT2D eigenvalue weighted by Crippen LogP contribution is 2.28. The molecule has 3 rings (SSSR count). The Labute approximate surface area is 154 Å². The fraction of sp³-hybridized carbons (Fsp3) is 0.182. The van der Waals surface area contributed by atoms with Gasteiger partial charge in [-0.2, -0.15) is 0 Å². The first kappa shape index (κ1) is 18.1. The van der Waals surface area contributed by atoms with Crippen LogP contribution in [0.5, 0.6) is 5.75 Å². The van der Waals surface area contributed by atoms with E-state index in [4.69, 9.17) is 0 Å². The Kier molecular flexibility index (Phi) is 5.89. The predicted octanol–water partition coefficient (Wildman–Crippen LogP) is 4.45. The van der Waals surface area contributed by atoms with Gasteiger partial charge in [0.15, 0.2) is 0 Å². The van der Waals surface area contributed by atoms with E-state index in [2.05, 4.69) is 68.4 Å². The molecular formula is C22H24OP2. The molecule has 0 aliphatic rings. The molecule has 0 aliphatic heterocycles. The summed E-state index contributed by atoms with van der Waals surface area (Å²) in [6.45, 7) is 6.25. The van der Waals surface area contributed by atoms with Crippen LogP contribution in [0.2, 0.25) is 0 Å². The fourth-order valence-corrected chi connectivity index (χ4v) is 5.79. The van der Waals surface area contributed by atoms with Crippen molar-refractivity contribution in [2.24, 2.45) is 0 Å². The maximum absolute atomic E-state index is 10.5. The van der Waals surface area contributed by atoms with E-state index in [0.29, 0.717) is 14.3 Å². The van der Waals surface area contributed by atoms with E-state index in [0.717, 1.165) is 25.6 Å². The van der Waals surface area contributed by atoms with Crippen molar-refractivity contribution in [1.82, 2.24) is 0 Å². The number of rotatable bonds is 5. The standard InChI is InChI=1S/C22H24OP2/c1-15-12-17(3)21(23)20(13-15)25-22-16(2)8-7-9-18(22)14-24-19-10-5-4-6-11-19/h4-13,23-25H,14H2,1-3H3. The zero-order chi connectivity index (χ0) is 17.8. The molecule has 0 radical (unpaired) electrons. The fourth-order valence-electron chi connectivity index (χ4n) is 3.00. The zero-order valence-corrected chi connectivity index (χ0v) is 16.9. The Morgan fingerprint density at radius 2 is 1.60 bits per heavy atom. The minimum Gasteiger partial charge on any atom is -0.507 e. The Bertz CT molecular complexity index is 873. The number of benzene rings is 3. The van der Waals surface area contributed by atoms with Crippen molar-refractivity contribution < 1.29 is 5.11 Å². The highest BCUT2D eigenvalue weighted by Gasteiger charge is 2.11. The van der Waals surface area contributed by atoms with Gasteiger partial charge >= 0.3 is 0 Å². The summed E-state index contributed by atoms with van der Waals surface area (Å²) in [5, 5.41) is 14.3. The van der Waals surface area contributed by atoms with Crippen molar-refractivity contribution in [3.63, 3.8) is 0 Å². The third-order valence-electron chi connectivity index (χ3n) is 4.32. The molecule has 3 aromatic carbocycles. The van der Waals surface area contributed by atoms with Gasteiger partial charge in [-0.3, -0.25) is 0 Å². The maximum atomic E-state index is 10.5. The Hall–Kier alpha value is -1.68. The van der Waals surface area contributed by atoms with Crippen LogP contribution in [0.4, 0.5) is 0 Å². The van der Waals surface area contributed by atoms with Crippen molar-refractivity contribution in [3.8, 4) is 5.75 Å². The molecule has 0 saturated carbocycles. The number of aromatic hydroxyl groups is 1. The second-order valence-corrected chi connectivity index (χ2v) is 9.00. The number of phenols is 1. The van der Waals surface area contributed by atoms with E-state index in [1.54, 1.807) is 0 Å². The molecule has 25 heavy (non-hydrogen) atoms. The number of aryl methyl sites for hydroxylation is 3. The van der Waals surface area contributed by atoms with E-state index in [9.17, 15) is 5.11 Å². The summed E-state index contributed by atoms with van der Waals surface area (Å²) in [6.07, 6.45) is 1.06. The monoisotopic (exact) mass is 366 g/mol. The van der Waals surface area contributed by atoms with Gasteiger partial charge in [-0.1, -0.05) is 71.8 Å². The maximum Gasteiger partial charge on any atom is 0.126 e. The van der Waals surface area contributed by atoms with Crippen LogP contribution in [0.3, 0.4) is 0 Å². The van der Waals surface area contributed by atoms with Crippen LogP contribution in [0.25, 0.3) is 0 Å². The second-order valence-electron chi connectivity index (χ2n) is 6.43. The summed E-state index contributed by atoms with van der Waals surface area (Å²) in [7, 11) is 1.26. The minimum absolute atomic E-state index is 0.448. The molecule has 2 unspecified atom stereocenters. The molecule has 2 atom stereocenters. The van der Waals surface area contributed by atoms with E-state index in [-0.39, 0.29) is 0 Å². The normalized spacial score (nSPS) is 11.8. The summed E-state index contributed by atoms with van der Waals surface area (Å²) in [6, 6.07) is 21.4. The van der Waals surface area contributed by atoms with Crippen molar-refractivity contribution >= 4 is 33.1 Å². The topological polar surface area (TPSA) is 20.2 Å². The molecule has 1 N–H and O–H groups in total. The van der Waals surface area contributed by atoms with Crippen LogP contribution < -0.4 is 15.9 Å². The molecule has 128 valence electrons. The van der Waals surface area contributed by atoms with Gasteiger partial charge in [0.05, 0.1) is 0 Å². The molecule has 0 amide bonds. The second kappa shape index (κ2) is 8.13. The summed E-state index contributed by atoms with van der Waals surface area (Å²) in [5.41, 5.74) is 4.88. The lowest BCUT2D eigenvalue weighted by molar-refractivity contribution is 0.475. The summed E-state index contributed by atoms with van der Waals surface area (Å²) in [5.74, 6) is 0.448. The molecule has 0 aromatic heterocycles. The molecule has 0 saturated heterocycles. The Morgan fingerprint density at radius 1 is 0.840 bits per heavy atom. The number of hydrogen-bond donors (Lipinski definition) is 1. The van der Waals surface area contributed by atoms with Crippen molar-refractivity contribution in [1.29, 1.82) is 0 Å². The average Bonchev–Trinajstić information content (AvgIpc) is 2.60. The van der Waals surface area contributed by atoms with Gasteiger partial charge in [0, 0.05) is 5.30 Å². The Balaban J connectivity index is 1.89. The van der Waals surface area contributed by atoms with E-state index < -0.39 is 0 Å². The molecular weight excluding hydrogens is 342 g/mol. The van der Waals surface area contributed by atoms with Crippen LogP contribution >= 0.6 is 17.2 Å². The highest BCUT2D eigenvalue weighted by atomic mass is 31.1. The van der Waals surface area contributed by atoms with Crippen LogP contribution in [0.15, 0.2) is 60.7 Å². The lowest BCUT2D eigenvalue weighted by Gasteiger charge is -2.15. The first-order valence-electron chi connectivity index (χ1n) is 8.49. The molecule has 0 fully saturated rings. The molecule has 0 spiro atoms. The first-order valence-corrected chi connectivity index (χ1v) is 10.7. The van der Waals surface area contributed by atoms with E-state index in [1.807, 2.05) is 13.0 Å². The van der Waals surface area contributed by atoms with Crippen LogP contribution in [0, 0.1) is 20.8 Å². The molecule has 3 aromatic rings. The van der Waals surface area contributed by atoms with Crippen molar-refractivity contribution in [2.45, 2.75) is 26.9 Å². The van der Waals surface area contributed by atoms with Gasteiger partial charge < -0.3 is 5.11 Å². The van der Waals surface area contributed by atoms with Crippen LogP contribution in [-0.4, -0.2) is 5.11 Å². The third-order valence-corrected chi connectivity index (χ3v) is 7.24. The van der Waals surface area contributed by atoms with Crippen molar-refractivity contribution in [3.05, 3.63) is 82.9 Å². The smallest absolute Gasteiger partial charge is 0.126 e. The highest BCUT2D eigenvalue weighted by molar-refractivity contribution is 7.56. The SMILES string of the molecule is Cc1cc(C)c(O)c(Pc2c(C)cccc2CPc2ccccc2)c1. The number of hydrogen-bond acceptors (Lipinski definition) is 1.